The van der Waals surface area contributed by atoms with Gasteiger partial charge in [-0.1, -0.05) is 42.5 Å². The van der Waals surface area contributed by atoms with Gasteiger partial charge in [-0.2, -0.15) is 0 Å². The second-order valence-electron chi connectivity index (χ2n) is 7.85. The minimum absolute atomic E-state index is 0.0339. The molecule has 2 aliphatic heterocycles. The van der Waals surface area contributed by atoms with E-state index < -0.39 is 0 Å². The molecule has 1 aromatic heterocycles. The predicted molar refractivity (Wildman–Crippen MR) is 119 cm³/mol. The van der Waals surface area contributed by atoms with Crippen molar-refractivity contribution in [2.45, 2.75) is 32.6 Å². The molecule has 3 N–H and O–H groups in total. The van der Waals surface area contributed by atoms with Crippen molar-refractivity contribution in [1.29, 1.82) is 0 Å². The quantitative estimate of drug-likeness (QED) is 0.594. The maximum Gasteiger partial charge on any atom is 0.256 e. The first-order valence-corrected chi connectivity index (χ1v) is 11.3. The van der Waals surface area contributed by atoms with Gasteiger partial charge < -0.3 is 20.3 Å². The number of benzene rings is 2. The topological polar surface area (TPSA) is 54.8 Å². The Hall–Kier alpha value is -2.83. The van der Waals surface area contributed by atoms with E-state index in [1.807, 2.05) is 31.2 Å². The summed E-state index contributed by atoms with van der Waals surface area (Å²) in [4.78, 5) is 15.9. The number of quaternary nitrogens is 1. The molecule has 0 radical (unpaired) electrons. The maximum atomic E-state index is 13.0. The summed E-state index contributed by atoms with van der Waals surface area (Å²) in [7, 11) is 0. The van der Waals surface area contributed by atoms with Crippen LogP contribution in [0, 0.1) is 0 Å². The highest BCUT2D eigenvalue weighted by Crippen LogP contribution is 2.39. The second-order valence-corrected chi connectivity index (χ2v) is 8.96. The Balaban J connectivity index is 1.34. The summed E-state index contributed by atoms with van der Waals surface area (Å²) in [6.45, 7) is 5.67. The zero-order chi connectivity index (χ0) is 20.5. The summed E-state index contributed by atoms with van der Waals surface area (Å²) < 4.78 is 5.53. The standard InChI is InChI=1S/C24H25N3O2S/c1-2-29-18-10-8-17(9-11-18)22-25-23(28)21-19-12-13-27(14-16-6-4-3-5-7-16)15-20(19)30-24(21)26-22/h3-11,22,26H,2,12-15H2,1H3,(H,25,28)/p+1/t22-/m1/s1. The number of hydrogen-bond acceptors (Lipinski definition) is 4. The van der Waals surface area contributed by atoms with Crippen LogP contribution in [0.1, 0.15) is 45.0 Å². The van der Waals surface area contributed by atoms with Crippen molar-refractivity contribution < 1.29 is 14.4 Å². The van der Waals surface area contributed by atoms with E-state index in [2.05, 4.69) is 41.0 Å². The molecule has 0 aliphatic carbocycles. The van der Waals surface area contributed by atoms with Crippen LogP contribution in [-0.2, 0) is 19.5 Å². The fourth-order valence-electron chi connectivity index (χ4n) is 4.37. The summed E-state index contributed by atoms with van der Waals surface area (Å²) in [6.07, 6.45) is 0.736. The van der Waals surface area contributed by atoms with Gasteiger partial charge in [-0.05, 0) is 30.2 Å². The van der Waals surface area contributed by atoms with Crippen molar-refractivity contribution in [2.24, 2.45) is 0 Å². The zero-order valence-corrected chi connectivity index (χ0v) is 17.9. The molecule has 1 unspecified atom stereocenters. The largest absolute Gasteiger partial charge is 0.494 e. The summed E-state index contributed by atoms with van der Waals surface area (Å²) in [5.41, 5.74) is 4.49. The Kier molecular flexibility index (Phi) is 5.19. The molecule has 2 aliphatic rings. The lowest BCUT2D eigenvalue weighted by molar-refractivity contribution is -0.929. The molecule has 5 nitrogen and oxygen atoms in total. The van der Waals surface area contributed by atoms with Gasteiger partial charge in [0.05, 0.1) is 23.6 Å². The molecule has 3 heterocycles. The minimum atomic E-state index is -0.214. The van der Waals surface area contributed by atoms with Crippen molar-refractivity contribution in [3.8, 4) is 5.75 Å². The molecule has 2 atom stereocenters. The average molecular weight is 421 g/mol. The Morgan fingerprint density at radius 1 is 1.10 bits per heavy atom. The maximum absolute atomic E-state index is 13.0. The monoisotopic (exact) mass is 420 g/mol. The van der Waals surface area contributed by atoms with Crippen molar-refractivity contribution in [3.63, 3.8) is 0 Å². The first-order valence-electron chi connectivity index (χ1n) is 10.5. The van der Waals surface area contributed by atoms with Crippen molar-refractivity contribution in [3.05, 3.63) is 81.7 Å². The Morgan fingerprint density at radius 2 is 1.90 bits per heavy atom. The number of rotatable bonds is 5. The number of carbonyl (C=O) groups is 1. The number of nitrogens with one attached hydrogen (secondary N) is 3. The predicted octanol–water partition coefficient (Wildman–Crippen LogP) is 3.14. The molecule has 5 rings (SSSR count). The third-order valence-corrected chi connectivity index (χ3v) is 6.99. The third kappa shape index (κ3) is 3.68. The summed E-state index contributed by atoms with van der Waals surface area (Å²) in [5.74, 6) is 0.879. The van der Waals surface area contributed by atoms with Crippen LogP contribution in [0.25, 0.3) is 0 Å². The lowest BCUT2D eigenvalue weighted by Crippen LogP contribution is -3.10. The van der Waals surface area contributed by atoms with E-state index in [4.69, 9.17) is 4.74 Å². The van der Waals surface area contributed by atoms with Gasteiger partial charge in [0.2, 0.25) is 0 Å². The lowest BCUT2D eigenvalue weighted by Gasteiger charge is -2.27. The second kappa shape index (κ2) is 8.13. The normalized spacial score (nSPS) is 20.0. The van der Waals surface area contributed by atoms with E-state index in [9.17, 15) is 4.79 Å². The molecule has 6 heteroatoms. The van der Waals surface area contributed by atoms with E-state index in [0.717, 1.165) is 47.9 Å². The van der Waals surface area contributed by atoms with Crippen LogP contribution in [0.15, 0.2) is 54.6 Å². The molecule has 154 valence electrons. The number of fused-ring (bicyclic) bond motifs is 3. The van der Waals surface area contributed by atoms with Crippen LogP contribution in [0.5, 0.6) is 5.75 Å². The fourth-order valence-corrected chi connectivity index (χ4v) is 5.72. The van der Waals surface area contributed by atoms with Crippen molar-refractivity contribution in [1.82, 2.24) is 5.32 Å². The third-order valence-electron chi connectivity index (χ3n) is 5.83. The molecule has 0 bridgehead atoms. The van der Waals surface area contributed by atoms with Crippen LogP contribution < -0.4 is 20.3 Å². The summed E-state index contributed by atoms with van der Waals surface area (Å²) in [5, 5.41) is 7.69. The fraction of sp³-hybridized carbons (Fsp3) is 0.292. The SMILES string of the molecule is CCOc1ccc([C@@H]2NC(=O)c3c(sc4c3CC[NH+](Cc3ccccc3)C4)N2)cc1. The van der Waals surface area contributed by atoms with Crippen LogP contribution in [0.2, 0.25) is 0 Å². The molecule has 2 aromatic carbocycles. The number of ether oxygens (including phenoxy) is 1. The molecular formula is C24H26N3O2S+. The molecule has 0 spiro atoms. The van der Waals surface area contributed by atoms with Gasteiger partial charge in [0.1, 0.15) is 30.0 Å². The van der Waals surface area contributed by atoms with Gasteiger partial charge in [-0.25, -0.2) is 0 Å². The molecule has 0 fully saturated rings. The highest BCUT2D eigenvalue weighted by Gasteiger charge is 2.34. The van der Waals surface area contributed by atoms with E-state index in [1.54, 1.807) is 16.2 Å². The van der Waals surface area contributed by atoms with Gasteiger partial charge >= 0.3 is 0 Å². The molecule has 0 saturated heterocycles. The number of carbonyl (C=O) groups excluding carboxylic acids is 1. The van der Waals surface area contributed by atoms with Gasteiger partial charge in [0.25, 0.3) is 5.91 Å². The van der Waals surface area contributed by atoms with E-state index in [-0.39, 0.29) is 12.1 Å². The van der Waals surface area contributed by atoms with Gasteiger partial charge in [-0.3, -0.25) is 4.79 Å². The molecule has 1 amide bonds. The first-order chi connectivity index (χ1) is 14.7. The van der Waals surface area contributed by atoms with Crippen LogP contribution in [0.3, 0.4) is 0 Å². The van der Waals surface area contributed by atoms with E-state index in [1.165, 1.54) is 16.0 Å². The molecule has 3 aromatic rings. The number of thiophene rings is 1. The van der Waals surface area contributed by atoms with E-state index >= 15 is 0 Å². The van der Waals surface area contributed by atoms with Gasteiger partial charge in [-0.15, -0.1) is 11.3 Å². The number of amides is 1. The Morgan fingerprint density at radius 3 is 2.67 bits per heavy atom. The van der Waals surface area contributed by atoms with E-state index in [0.29, 0.717) is 6.61 Å². The van der Waals surface area contributed by atoms with Crippen LogP contribution in [0.4, 0.5) is 5.00 Å². The van der Waals surface area contributed by atoms with Crippen molar-refractivity contribution in [2.75, 3.05) is 18.5 Å². The number of hydrogen-bond donors (Lipinski definition) is 3. The average Bonchev–Trinajstić information content (AvgIpc) is 3.13. The lowest BCUT2D eigenvalue weighted by atomic mass is 10.00. The van der Waals surface area contributed by atoms with Crippen LogP contribution >= 0.6 is 11.3 Å². The summed E-state index contributed by atoms with van der Waals surface area (Å²) >= 11 is 1.75. The number of anilines is 1. The highest BCUT2D eigenvalue weighted by molar-refractivity contribution is 7.16. The molecular weight excluding hydrogens is 394 g/mol. The smallest absolute Gasteiger partial charge is 0.256 e. The first kappa shape index (κ1) is 19.2. The molecule has 30 heavy (non-hydrogen) atoms. The van der Waals surface area contributed by atoms with Crippen LogP contribution in [-0.4, -0.2) is 19.1 Å². The summed E-state index contributed by atoms with van der Waals surface area (Å²) in [6, 6.07) is 18.6. The Labute approximate surface area is 180 Å². The minimum Gasteiger partial charge on any atom is -0.494 e. The zero-order valence-electron chi connectivity index (χ0n) is 17.0. The Bertz CT molecular complexity index is 1050. The van der Waals surface area contributed by atoms with Gasteiger partial charge in [0, 0.05) is 12.0 Å². The van der Waals surface area contributed by atoms with Gasteiger partial charge in [0.15, 0.2) is 0 Å². The highest BCUT2D eigenvalue weighted by atomic mass is 32.1. The molecule has 0 saturated carbocycles. The van der Waals surface area contributed by atoms with Crippen molar-refractivity contribution >= 4 is 22.2 Å².